The molecule has 2 aromatic carbocycles. The first kappa shape index (κ1) is 15.0. The molecule has 0 aromatic heterocycles. The normalized spacial score (nSPS) is 25.7. The highest BCUT2D eigenvalue weighted by Crippen LogP contribution is 2.37. The molecule has 3 atom stereocenters. The van der Waals surface area contributed by atoms with E-state index in [0.29, 0.717) is 11.8 Å². The smallest absolute Gasteiger partial charge is 0.0572 e. The second-order valence-corrected chi connectivity index (χ2v) is 7.32. The molecule has 0 heterocycles. The molecule has 0 bridgehead atoms. The Morgan fingerprint density at radius 2 is 1.67 bits per heavy atom. The summed E-state index contributed by atoms with van der Waals surface area (Å²) in [6, 6.07) is 19.5. The van der Waals surface area contributed by atoms with E-state index in [0.717, 1.165) is 25.7 Å². The average molecular weight is 392 g/mol. The molecule has 0 saturated heterocycles. The lowest BCUT2D eigenvalue weighted by Crippen LogP contribution is -2.29. The lowest BCUT2D eigenvalue weighted by molar-refractivity contribution is 0.0619. The number of hydrogen-bond acceptors (Lipinski definition) is 1. The van der Waals surface area contributed by atoms with Crippen LogP contribution in [0.25, 0.3) is 0 Å². The van der Waals surface area contributed by atoms with E-state index in [2.05, 4.69) is 77.2 Å². The van der Waals surface area contributed by atoms with Crippen molar-refractivity contribution in [3.8, 4) is 0 Å². The zero-order valence-electron chi connectivity index (χ0n) is 12.1. The van der Waals surface area contributed by atoms with Gasteiger partial charge in [-0.1, -0.05) is 42.5 Å². The van der Waals surface area contributed by atoms with Gasteiger partial charge >= 0.3 is 0 Å². The summed E-state index contributed by atoms with van der Waals surface area (Å²) in [4.78, 5) is 0. The van der Waals surface area contributed by atoms with Gasteiger partial charge in [0, 0.05) is 3.57 Å². The third-order valence-corrected chi connectivity index (χ3v) is 5.34. The molecule has 0 spiro atoms. The van der Waals surface area contributed by atoms with Gasteiger partial charge in [0.25, 0.3) is 0 Å². The maximum Gasteiger partial charge on any atom is 0.0572 e. The minimum Gasteiger partial charge on any atom is -0.393 e. The van der Waals surface area contributed by atoms with E-state index in [9.17, 15) is 5.11 Å². The molecule has 2 aromatic rings. The zero-order chi connectivity index (χ0) is 14.7. The van der Waals surface area contributed by atoms with Crippen LogP contribution in [0, 0.1) is 9.49 Å². The van der Waals surface area contributed by atoms with Gasteiger partial charge in [-0.25, -0.2) is 0 Å². The Labute approximate surface area is 140 Å². The van der Waals surface area contributed by atoms with E-state index >= 15 is 0 Å². The van der Waals surface area contributed by atoms with Crippen molar-refractivity contribution in [2.75, 3.05) is 0 Å². The molecule has 3 unspecified atom stereocenters. The SMILES string of the molecule is OC1CCC(c2ccccc2)CC1Cc1ccc(I)cc1. The Bertz CT molecular complexity index is 564. The van der Waals surface area contributed by atoms with Gasteiger partial charge < -0.3 is 5.11 Å². The van der Waals surface area contributed by atoms with Gasteiger partial charge in [-0.2, -0.15) is 0 Å². The summed E-state index contributed by atoms with van der Waals surface area (Å²) < 4.78 is 1.27. The third-order valence-electron chi connectivity index (χ3n) is 4.62. The Morgan fingerprint density at radius 3 is 2.38 bits per heavy atom. The Balaban J connectivity index is 1.70. The van der Waals surface area contributed by atoms with Gasteiger partial charge in [0.15, 0.2) is 0 Å². The van der Waals surface area contributed by atoms with E-state index in [1.807, 2.05) is 0 Å². The van der Waals surface area contributed by atoms with Gasteiger partial charge in [0.1, 0.15) is 0 Å². The van der Waals surface area contributed by atoms with Gasteiger partial charge in [-0.3, -0.25) is 0 Å². The number of benzene rings is 2. The average Bonchev–Trinajstić information content (AvgIpc) is 2.52. The largest absolute Gasteiger partial charge is 0.393 e. The van der Waals surface area contributed by atoms with Crippen LogP contribution in [0.4, 0.5) is 0 Å². The standard InChI is InChI=1S/C19H21IO/c20-18-9-6-14(7-10-18)12-17-13-16(8-11-19(17)21)15-4-2-1-3-5-15/h1-7,9-10,16-17,19,21H,8,11-13H2. The van der Waals surface area contributed by atoms with Crippen molar-refractivity contribution in [3.05, 3.63) is 69.3 Å². The number of aliphatic hydroxyl groups excluding tert-OH is 1. The lowest BCUT2D eigenvalue weighted by atomic mass is 9.74. The molecule has 1 aliphatic rings. The van der Waals surface area contributed by atoms with E-state index in [4.69, 9.17) is 0 Å². The maximum atomic E-state index is 10.3. The first-order valence-corrected chi connectivity index (χ1v) is 8.77. The molecule has 110 valence electrons. The third kappa shape index (κ3) is 3.86. The summed E-state index contributed by atoms with van der Waals surface area (Å²) in [6.45, 7) is 0. The number of halogens is 1. The van der Waals surface area contributed by atoms with Crippen LogP contribution in [0.2, 0.25) is 0 Å². The second kappa shape index (κ2) is 6.93. The van der Waals surface area contributed by atoms with Crippen molar-refractivity contribution in [1.29, 1.82) is 0 Å². The van der Waals surface area contributed by atoms with Crippen molar-refractivity contribution in [3.63, 3.8) is 0 Å². The van der Waals surface area contributed by atoms with Crippen LogP contribution in [-0.4, -0.2) is 11.2 Å². The molecule has 21 heavy (non-hydrogen) atoms. The summed E-state index contributed by atoms with van der Waals surface area (Å²) in [5.74, 6) is 0.979. The fraction of sp³-hybridized carbons (Fsp3) is 0.368. The lowest BCUT2D eigenvalue weighted by Gasteiger charge is -2.33. The van der Waals surface area contributed by atoms with Crippen LogP contribution in [0.1, 0.15) is 36.3 Å². The minimum atomic E-state index is -0.149. The van der Waals surface area contributed by atoms with Crippen LogP contribution in [0.3, 0.4) is 0 Å². The minimum absolute atomic E-state index is 0.149. The van der Waals surface area contributed by atoms with Crippen LogP contribution in [0.5, 0.6) is 0 Å². The second-order valence-electron chi connectivity index (χ2n) is 6.08. The fourth-order valence-electron chi connectivity index (χ4n) is 3.42. The van der Waals surface area contributed by atoms with E-state index in [1.54, 1.807) is 0 Å². The molecule has 1 nitrogen and oxygen atoms in total. The van der Waals surface area contributed by atoms with E-state index in [-0.39, 0.29) is 6.10 Å². The van der Waals surface area contributed by atoms with Crippen molar-refractivity contribution in [2.45, 2.75) is 37.7 Å². The summed E-state index contributed by atoms with van der Waals surface area (Å²) in [5, 5.41) is 10.3. The first-order chi connectivity index (χ1) is 10.2. The predicted molar refractivity (Wildman–Crippen MR) is 95.4 cm³/mol. The van der Waals surface area contributed by atoms with E-state index < -0.39 is 0 Å². The fourth-order valence-corrected chi connectivity index (χ4v) is 3.78. The topological polar surface area (TPSA) is 20.2 Å². The Hall–Kier alpha value is -0.870. The van der Waals surface area contributed by atoms with Gasteiger partial charge in [0.2, 0.25) is 0 Å². The van der Waals surface area contributed by atoms with Crippen molar-refractivity contribution in [2.24, 2.45) is 5.92 Å². The summed E-state index contributed by atoms with van der Waals surface area (Å²) >= 11 is 2.33. The molecule has 1 aliphatic carbocycles. The number of rotatable bonds is 3. The number of aliphatic hydroxyl groups is 1. The van der Waals surface area contributed by atoms with Crippen LogP contribution >= 0.6 is 22.6 Å². The molecule has 2 heteroatoms. The highest BCUT2D eigenvalue weighted by molar-refractivity contribution is 14.1. The first-order valence-electron chi connectivity index (χ1n) is 7.70. The predicted octanol–water partition coefficient (Wildman–Crippen LogP) is 4.78. The zero-order valence-corrected chi connectivity index (χ0v) is 14.2. The number of hydrogen-bond donors (Lipinski definition) is 1. The van der Waals surface area contributed by atoms with Crippen molar-refractivity contribution < 1.29 is 5.11 Å². The molecular weight excluding hydrogens is 371 g/mol. The van der Waals surface area contributed by atoms with Crippen LogP contribution < -0.4 is 0 Å². The highest BCUT2D eigenvalue weighted by Gasteiger charge is 2.29. The maximum absolute atomic E-state index is 10.3. The molecule has 1 N–H and O–H groups in total. The molecule has 1 fully saturated rings. The Kier molecular flexibility index (Phi) is 4.96. The van der Waals surface area contributed by atoms with Crippen molar-refractivity contribution in [1.82, 2.24) is 0 Å². The summed E-state index contributed by atoms with van der Waals surface area (Å²) in [6.07, 6.45) is 3.96. The van der Waals surface area contributed by atoms with Gasteiger partial charge in [-0.15, -0.1) is 0 Å². The molecule has 1 saturated carbocycles. The molecule has 0 radical (unpaired) electrons. The highest BCUT2D eigenvalue weighted by atomic mass is 127. The summed E-state index contributed by atoms with van der Waals surface area (Å²) in [7, 11) is 0. The molecular formula is C19H21IO. The molecule has 0 aliphatic heterocycles. The monoisotopic (exact) mass is 392 g/mol. The van der Waals surface area contributed by atoms with Crippen LogP contribution in [-0.2, 0) is 6.42 Å². The van der Waals surface area contributed by atoms with Gasteiger partial charge in [-0.05, 0) is 83.4 Å². The van der Waals surface area contributed by atoms with Gasteiger partial charge in [0.05, 0.1) is 6.10 Å². The molecule has 3 rings (SSSR count). The molecule has 0 amide bonds. The quantitative estimate of drug-likeness (QED) is 0.746. The van der Waals surface area contributed by atoms with Crippen molar-refractivity contribution >= 4 is 22.6 Å². The van der Waals surface area contributed by atoms with Crippen LogP contribution in [0.15, 0.2) is 54.6 Å². The van der Waals surface area contributed by atoms with E-state index in [1.165, 1.54) is 14.7 Å². The summed E-state index contributed by atoms with van der Waals surface area (Å²) in [5.41, 5.74) is 2.77. The Morgan fingerprint density at radius 1 is 0.952 bits per heavy atom.